The number of carbonyl (C=O) groups is 2. The molecule has 0 saturated carbocycles. The van der Waals surface area contributed by atoms with Crippen LogP contribution < -0.4 is 5.32 Å². The fraction of sp³-hybridized carbons (Fsp3) is 0.360. The number of rotatable bonds is 2. The minimum absolute atomic E-state index is 0.00630. The van der Waals surface area contributed by atoms with Gasteiger partial charge in [0.1, 0.15) is 0 Å². The predicted molar refractivity (Wildman–Crippen MR) is 119 cm³/mol. The van der Waals surface area contributed by atoms with E-state index >= 15 is 0 Å². The SMILES string of the molecule is CC(C)(C)c1ccc(C2CC(=O)C3=C(C2)NC(=O)CC3c2ccc(Br)cc2)cc1. The van der Waals surface area contributed by atoms with Crippen LogP contribution in [0.3, 0.4) is 0 Å². The fourth-order valence-corrected chi connectivity index (χ4v) is 4.70. The monoisotopic (exact) mass is 451 g/mol. The first-order valence-corrected chi connectivity index (χ1v) is 10.9. The molecule has 4 heteroatoms. The van der Waals surface area contributed by atoms with Gasteiger partial charge in [0.15, 0.2) is 5.78 Å². The Balaban J connectivity index is 1.65. The fourth-order valence-electron chi connectivity index (χ4n) is 4.43. The number of ketones is 1. The Kier molecular flexibility index (Phi) is 5.24. The van der Waals surface area contributed by atoms with Crippen molar-refractivity contribution in [2.75, 3.05) is 0 Å². The summed E-state index contributed by atoms with van der Waals surface area (Å²) in [6.07, 6.45) is 1.53. The molecule has 2 atom stereocenters. The van der Waals surface area contributed by atoms with Gasteiger partial charge in [0.25, 0.3) is 0 Å². The Bertz CT molecular complexity index is 981. The van der Waals surface area contributed by atoms with Crippen molar-refractivity contribution in [3.8, 4) is 0 Å². The lowest BCUT2D eigenvalue weighted by Crippen LogP contribution is -2.38. The molecule has 2 aromatic rings. The van der Waals surface area contributed by atoms with Crippen LogP contribution in [0.25, 0.3) is 0 Å². The molecule has 1 heterocycles. The average Bonchev–Trinajstić information content (AvgIpc) is 2.67. The topological polar surface area (TPSA) is 46.2 Å². The van der Waals surface area contributed by atoms with Gasteiger partial charge < -0.3 is 5.32 Å². The van der Waals surface area contributed by atoms with Gasteiger partial charge in [-0.2, -0.15) is 0 Å². The van der Waals surface area contributed by atoms with Gasteiger partial charge in [-0.05, 0) is 46.6 Å². The first kappa shape index (κ1) is 20.1. The highest BCUT2D eigenvalue weighted by Gasteiger charge is 2.38. The van der Waals surface area contributed by atoms with E-state index in [1.807, 2.05) is 24.3 Å². The third kappa shape index (κ3) is 4.09. The summed E-state index contributed by atoms with van der Waals surface area (Å²) in [7, 11) is 0. The van der Waals surface area contributed by atoms with E-state index in [0.717, 1.165) is 26.9 Å². The van der Waals surface area contributed by atoms with E-state index in [9.17, 15) is 9.59 Å². The van der Waals surface area contributed by atoms with E-state index in [1.54, 1.807) is 0 Å². The normalized spacial score (nSPS) is 22.3. The standard InChI is InChI=1S/C25H26BrNO2/c1-25(2,3)18-8-4-15(5-9-18)17-12-21-24(22(28)13-17)20(14-23(29)27-21)16-6-10-19(26)11-7-16/h4-11,17,20H,12-14H2,1-3H3,(H,27,29). The summed E-state index contributed by atoms with van der Waals surface area (Å²) >= 11 is 3.45. The molecule has 2 unspecified atom stereocenters. The molecular weight excluding hydrogens is 426 g/mol. The number of halogens is 1. The van der Waals surface area contributed by atoms with Gasteiger partial charge >= 0.3 is 0 Å². The zero-order chi connectivity index (χ0) is 20.8. The summed E-state index contributed by atoms with van der Waals surface area (Å²) in [6, 6.07) is 16.5. The lowest BCUT2D eigenvalue weighted by molar-refractivity contribution is -0.122. The van der Waals surface area contributed by atoms with Crippen LogP contribution in [0.2, 0.25) is 0 Å². The maximum atomic E-state index is 13.2. The van der Waals surface area contributed by atoms with Crippen LogP contribution in [0.1, 0.15) is 68.6 Å². The Morgan fingerprint density at radius 3 is 2.10 bits per heavy atom. The van der Waals surface area contributed by atoms with E-state index in [0.29, 0.717) is 19.3 Å². The Labute approximate surface area is 180 Å². The van der Waals surface area contributed by atoms with Crippen LogP contribution in [0, 0.1) is 0 Å². The maximum Gasteiger partial charge on any atom is 0.225 e. The van der Waals surface area contributed by atoms with Crippen molar-refractivity contribution < 1.29 is 9.59 Å². The third-order valence-electron chi connectivity index (χ3n) is 6.06. The number of benzene rings is 2. The van der Waals surface area contributed by atoms with Gasteiger partial charge in [-0.25, -0.2) is 0 Å². The number of nitrogens with one attached hydrogen (secondary N) is 1. The number of allylic oxidation sites excluding steroid dienone is 2. The Hall–Kier alpha value is -2.20. The van der Waals surface area contributed by atoms with E-state index < -0.39 is 0 Å². The third-order valence-corrected chi connectivity index (χ3v) is 6.59. The van der Waals surface area contributed by atoms with Crippen molar-refractivity contribution in [2.45, 2.75) is 57.3 Å². The number of amides is 1. The number of hydrogen-bond donors (Lipinski definition) is 1. The summed E-state index contributed by atoms with van der Waals surface area (Å²) in [4.78, 5) is 25.6. The molecule has 29 heavy (non-hydrogen) atoms. The Morgan fingerprint density at radius 1 is 0.862 bits per heavy atom. The van der Waals surface area contributed by atoms with Gasteiger partial charge in [0, 0.05) is 34.5 Å². The molecule has 0 fully saturated rings. The lowest BCUT2D eigenvalue weighted by Gasteiger charge is -2.34. The molecule has 0 aromatic heterocycles. The average molecular weight is 452 g/mol. The summed E-state index contributed by atoms with van der Waals surface area (Å²) in [5.74, 6) is 0.111. The van der Waals surface area contributed by atoms with Crippen LogP contribution in [0.4, 0.5) is 0 Å². The second kappa shape index (κ2) is 7.56. The van der Waals surface area contributed by atoms with Gasteiger partial charge in [0.2, 0.25) is 5.91 Å². The van der Waals surface area contributed by atoms with E-state index in [-0.39, 0.29) is 28.9 Å². The molecule has 0 spiro atoms. The second-order valence-electron chi connectivity index (χ2n) is 9.15. The van der Waals surface area contributed by atoms with E-state index in [1.165, 1.54) is 5.56 Å². The van der Waals surface area contributed by atoms with Crippen LogP contribution in [-0.4, -0.2) is 11.7 Å². The molecular formula is C25H26BrNO2. The molecule has 1 aliphatic carbocycles. The molecule has 4 rings (SSSR count). The minimum Gasteiger partial charge on any atom is -0.329 e. The predicted octanol–water partition coefficient (Wildman–Crippen LogP) is 5.75. The maximum absolute atomic E-state index is 13.2. The van der Waals surface area contributed by atoms with Crippen molar-refractivity contribution in [3.05, 3.63) is 81.0 Å². The van der Waals surface area contributed by atoms with Crippen LogP contribution in [0.15, 0.2) is 64.3 Å². The van der Waals surface area contributed by atoms with Crippen LogP contribution >= 0.6 is 15.9 Å². The molecule has 1 N–H and O–H groups in total. The van der Waals surface area contributed by atoms with Gasteiger partial charge in [-0.15, -0.1) is 0 Å². The summed E-state index contributed by atoms with van der Waals surface area (Å²) < 4.78 is 0.990. The molecule has 0 saturated heterocycles. The van der Waals surface area contributed by atoms with Crippen molar-refractivity contribution >= 4 is 27.6 Å². The van der Waals surface area contributed by atoms with Crippen molar-refractivity contribution in [3.63, 3.8) is 0 Å². The van der Waals surface area contributed by atoms with E-state index in [2.05, 4.69) is 66.3 Å². The molecule has 3 nitrogen and oxygen atoms in total. The second-order valence-corrected chi connectivity index (χ2v) is 10.1. The van der Waals surface area contributed by atoms with Gasteiger partial charge in [-0.3, -0.25) is 9.59 Å². The molecule has 0 bridgehead atoms. The highest BCUT2D eigenvalue weighted by molar-refractivity contribution is 9.10. The highest BCUT2D eigenvalue weighted by atomic mass is 79.9. The molecule has 2 aromatic carbocycles. The van der Waals surface area contributed by atoms with Gasteiger partial charge in [-0.1, -0.05) is 73.1 Å². The largest absolute Gasteiger partial charge is 0.329 e. The summed E-state index contributed by atoms with van der Waals surface area (Å²) in [6.45, 7) is 6.59. The molecule has 150 valence electrons. The summed E-state index contributed by atoms with van der Waals surface area (Å²) in [5.41, 5.74) is 5.19. The van der Waals surface area contributed by atoms with Crippen LogP contribution in [-0.2, 0) is 15.0 Å². The number of Topliss-reactive ketones (excluding diaryl/α,β-unsaturated/α-hetero) is 1. The zero-order valence-corrected chi connectivity index (χ0v) is 18.7. The van der Waals surface area contributed by atoms with Crippen molar-refractivity contribution in [1.29, 1.82) is 0 Å². The van der Waals surface area contributed by atoms with Crippen molar-refractivity contribution in [2.24, 2.45) is 0 Å². The zero-order valence-electron chi connectivity index (χ0n) is 17.1. The molecule has 1 aliphatic heterocycles. The number of hydrogen-bond acceptors (Lipinski definition) is 2. The van der Waals surface area contributed by atoms with Crippen molar-refractivity contribution in [1.82, 2.24) is 5.32 Å². The molecule has 0 radical (unpaired) electrons. The smallest absolute Gasteiger partial charge is 0.225 e. The molecule has 2 aliphatic rings. The molecule has 1 amide bonds. The minimum atomic E-state index is -0.149. The highest BCUT2D eigenvalue weighted by Crippen LogP contribution is 2.42. The Morgan fingerprint density at radius 2 is 1.48 bits per heavy atom. The lowest BCUT2D eigenvalue weighted by atomic mass is 9.73. The quantitative estimate of drug-likeness (QED) is 0.631. The first-order chi connectivity index (χ1) is 13.7. The number of carbonyl (C=O) groups excluding carboxylic acids is 2. The van der Waals surface area contributed by atoms with E-state index in [4.69, 9.17) is 0 Å². The van der Waals surface area contributed by atoms with Crippen LogP contribution in [0.5, 0.6) is 0 Å². The first-order valence-electron chi connectivity index (χ1n) is 10.1. The summed E-state index contributed by atoms with van der Waals surface area (Å²) in [5, 5.41) is 3.01. The van der Waals surface area contributed by atoms with Gasteiger partial charge in [0.05, 0.1) is 0 Å².